The number of thiazole rings is 1. The zero-order chi connectivity index (χ0) is 13.8. The summed E-state index contributed by atoms with van der Waals surface area (Å²) in [5.74, 6) is 0.759. The number of carbonyl (C=O) groups is 1. The Morgan fingerprint density at radius 3 is 3.00 bits per heavy atom. The van der Waals surface area contributed by atoms with Gasteiger partial charge in [-0.05, 0) is 31.5 Å². The fourth-order valence-electron chi connectivity index (χ4n) is 1.58. The Hall–Kier alpha value is -1.14. The molecule has 0 fully saturated rings. The molecule has 2 aromatic rings. The van der Waals surface area contributed by atoms with Crippen LogP contribution in [0, 0.1) is 0 Å². The van der Waals surface area contributed by atoms with Crippen molar-refractivity contribution < 1.29 is 9.53 Å². The lowest BCUT2D eigenvalue weighted by molar-refractivity contribution is -0.115. The van der Waals surface area contributed by atoms with E-state index in [2.05, 4.69) is 26.2 Å². The number of benzene rings is 1. The molecule has 0 unspecified atom stereocenters. The van der Waals surface area contributed by atoms with Gasteiger partial charge >= 0.3 is 0 Å². The van der Waals surface area contributed by atoms with Crippen molar-refractivity contribution in [1.29, 1.82) is 0 Å². The minimum Gasteiger partial charge on any atom is -0.494 e. The van der Waals surface area contributed by atoms with Crippen LogP contribution in [0.25, 0.3) is 10.2 Å². The fourth-order valence-corrected chi connectivity index (χ4v) is 2.60. The predicted molar refractivity (Wildman–Crippen MR) is 82.4 cm³/mol. The lowest BCUT2D eigenvalue weighted by Crippen LogP contribution is -2.21. The molecule has 4 nitrogen and oxygen atoms in total. The number of anilines is 1. The number of halogens is 1. The van der Waals surface area contributed by atoms with Gasteiger partial charge in [0.15, 0.2) is 5.13 Å². The molecule has 0 bridgehead atoms. The average molecular weight is 343 g/mol. The third-order valence-electron chi connectivity index (χ3n) is 2.54. The van der Waals surface area contributed by atoms with Crippen molar-refractivity contribution in [3.05, 3.63) is 18.2 Å². The summed E-state index contributed by atoms with van der Waals surface area (Å²) in [5, 5.41) is 3.43. The van der Waals surface area contributed by atoms with Crippen LogP contribution in [0.2, 0.25) is 0 Å². The van der Waals surface area contributed by atoms with Crippen molar-refractivity contribution in [3.63, 3.8) is 0 Å². The van der Waals surface area contributed by atoms with E-state index < -0.39 is 0 Å². The Bertz CT molecular complexity index is 585. The Morgan fingerprint density at radius 1 is 1.53 bits per heavy atom. The third-order valence-corrected chi connectivity index (χ3v) is 4.54. The van der Waals surface area contributed by atoms with Crippen LogP contribution < -0.4 is 10.1 Å². The molecule has 1 N–H and O–H groups in total. The number of ether oxygens (including phenoxy) is 1. The summed E-state index contributed by atoms with van der Waals surface area (Å²) >= 11 is 4.77. The number of alkyl halides is 1. The molecular formula is C13H15BrN2O2S. The molecule has 1 amide bonds. The van der Waals surface area contributed by atoms with Crippen LogP contribution in [0.15, 0.2) is 18.2 Å². The van der Waals surface area contributed by atoms with Gasteiger partial charge in [-0.2, -0.15) is 0 Å². The average Bonchev–Trinajstić information content (AvgIpc) is 2.79. The van der Waals surface area contributed by atoms with Crippen LogP contribution in [-0.2, 0) is 4.79 Å². The predicted octanol–water partition coefficient (Wildman–Crippen LogP) is 3.81. The molecule has 102 valence electrons. The lowest BCUT2D eigenvalue weighted by atomic mass is 10.3. The molecule has 19 heavy (non-hydrogen) atoms. The first-order valence-electron chi connectivity index (χ1n) is 6.12. The highest BCUT2D eigenvalue weighted by Gasteiger charge is 2.14. The van der Waals surface area contributed by atoms with Gasteiger partial charge in [-0.25, -0.2) is 4.98 Å². The van der Waals surface area contributed by atoms with Gasteiger partial charge < -0.3 is 10.1 Å². The maximum atomic E-state index is 11.8. The molecule has 1 aromatic carbocycles. The number of hydrogen-bond acceptors (Lipinski definition) is 4. The minimum absolute atomic E-state index is 0.0633. The standard InChI is InChI=1S/C13H15BrN2O2S/c1-3-9(14)12(17)16-13-15-10-6-5-8(18-4-2)7-11(10)19-13/h5-7,9H,3-4H2,1-2H3,(H,15,16,17)/t9-/m0/s1. The summed E-state index contributed by atoms with van der Waals surface area (Å²) in [5.41, 5.74) is 0.867. The van der Waals surface area contributed by atoms with Gasteiger partial charge in [-0.15, -0.1) is 0 Å². The van der Waals surface area contributed by atoms with Gasteiger partial charge in [0.2, 0.25) is 5.91 Å². The smallest absolute Gasteiger partial charge is 0.239 e. The van der Waals surface area contributed by atoms with Gasteiger partial charge in [0, 0.05) is 0 Å². The van der Waals surface area contributed by atoms with Crippen molar-refractivity contribution in [3.8, 4) is 5.75 Å². The molecule has 0 aliphatic rings. The summed E-state index contributed by atoms with van der Waals surface area (Å²) in [6, 6.07) is 5.73. The van der Waals surface area contributed by atoms with Crippen LogP contribution in [0.4, 0.5) is 5.13 Å². The second-order valence-electron chi connectivity index (χ2n) is 3.95. The van der Waals surface area contributed by atoms with Gasteiger partial charge in [-0.3, -0.25) is 4.79 Å². The first-order chi connectivity index (χ1) is 9.13. The molecule has 0 radical (unpaired) electrons. The number of aromatic nitrogens is 1. The van der Waals surface area contributed by atoms with Crippen molar-refractivity contribution in [2.45, 2.75) is 25.1 Å². The largest absolute Gasteiger partial charge is 0.494 e. The van der Waals surface area contributed by atoms with Crippen LogP contribution >= 0.6 is 27.3 Å². The van der Waals surface area contributed by atoms with E-state index in [4.69, 9.17) is 4.74 Å². The highest BCUT2D eigenvalue weighted by molar-refractivity contribution is 9.10. The quantitative estimate of drug-likeness (QED) is 0.840. The van der Waals surface area contributed by atoms with E-state index in [0.717, 1.165) is 22.4 Å². The fraction of sp³-hybridized carbons (Fsp3) is 0.385. The van der Waals surface area contributed by atoms with Gasteiger partial charge in [-0.1, -0.05) is 34.2 Å². The molecule has 0 spiro atoms. The Kier molecular flexibility index (Phi) is 4.76. The number of fused-ring (bicyclic) bond motifs is 1. The summed E-state index contributed by atoms with van der Waals surface area (Å²) in [7, 11) is 0. The zero-order valence-corrected chi connectivity index (χ0v) is 13.2. The summed E-state index contributed by atoms with van der Waals surface area (Å²) in [6.45, 7) is 4.53. The number of nitrogens with one attached hydrogen (secondary N) is 1. The zero-order valence-electron chi connectivity index (χ0n) is 10.8. The van der Waals surface area contributed by atoms with E-state index in [1.807, 2.05) is 32.0 Å². The monoisotopic (exact) mass is 342 g/mol. The molecule has 0 saturated carbocycles. The molecule has 6 heteroatoms. The van der Waals surface area contributed by atoms with Crippen molar-refractivity contribution in [2.75, 3.05) is 11.9 Å². The van der Waals surface area contributed by atoms with Gasteiger partial charge in [0.05, 0.1) is 21.7 Å². The lowest BCUT2D eigenvalue weighted by Gasteiger charge is -2.04. The first kappa shape index (κ1) is 14.3. The topological polar surface area (TPSA) is 51.2 Å². The summed E-state index contributed by atoms with van der Waals surface area (Å²) in [4.78, 5) is 16.0. The molecule has 0 aliphatic carbocycles. The van der Waals surface area contributed by atoms with Gasteiger partial charge in [0.25, 0.3) is 0 Å². The maximum absolute atomic E-state index is 11.8. The number of carbonyl (C=O) groups excluding carboxylic acids is 1. The van der Waals surface area contributed by atoms with Crippen LogP contribution in [-0.4, -0.2) is 22.3 Å². The van der Waals surface area contributed by atoms with E-state index >= 15 is 0 Å². The highest BCUT2D eigenvalue weighted by Crippen LogP contribution is 2.29. The molecular weight excluding hydrogens is 328 g/mol. The van der Waals surface area contributed by atoms with Gasteiger partial charge in [0.1, 0.15) is 5.75 Å². The third kappa shape index (κ3) is 3.45. The van der Waals surface area contributed by atoms with E-state index in [0.29, 0.717) is 11.7 Å². The number of rotatable bonds is 5. The Morgan fingerprint density at radius 2 is 2.32 bits per heavy atom. The van der Waals surface area contributed by atoms with E-state index in [9.17, 15) is 4.79 Å². The molecule has 2 rings (SSSR count). The van der Waals surface area contributed by atoms with E-state index in [-0.39, 0.29) is 10.7 Å². The maximum Gasteiger partial charge on any atom is 0.239 e. The van der Waals surface area contributed by atoms with Crippen molar-refractivity contribution in [1.82, 2.24) is 4.98 Å². The van der Waals surface area contributed by atoms with Crippen LogP contribution in [0.3, 0.4) is 0 Å². The minimum atomic E-state index is -0.182. The molecule has 0 aliphatic heterocycles. The van der Waals surface area contributed by atoms with Crippen molar-refractivity contribution in [2.24, 2.45) is 0 Å². The number of amides is 1. The second-order valence-corrected chi connectivity index (χ2v) is 6.08. The van der Waals surface area contributed by atoms with E-state index in [1.54, 1.807) is 0 Å². The molecule has 1 atom stereocenters. The molecule has 1 aromatic heterocycles. The van der Waals surface area contributed by atoms with Crippen LogP contribution in [0.5, 0.6) is 5.75 Å². The SMILES string of the molecule is CCOc1ccc2nc(NC(=O)[C@@H](Br)CC)sc2c1. The molecule has 1 heterocycles. The second kappa shape index (κ2) is 6.34. The van der Waals surface area contributed by atoms with Crippen molar-refractivity contribution >= 4 is 48.5 Å². The van der Waals surface area contributed by atoms with Crippen LogP contribution in [0.1, 0.15) is 20.3 Å². The van der Waals surface area contributed by atoms with E-state index in [1.165, 1.54) is 11.3 Å². The summed E-state index contributed by atoms with van der Waals surface area (Å²) < 4.78 is 6.45. The normalized spacial score (nSPS) is 12.4. The highest BCUT2D eigenvalue weighted by atomic mass is 79.9. The summed E-state index contributed by atoms with van der Waals surface area (Å²) in [6.07, 6.45) is 0.741. The number of nitrogens with zero attached hydrogens (tertiary/aromatic N) is 1. The Balaban J connectivity index is 2.19. The first-order valence-corrected chi connectivity index (χ1v) is 7.85. The number of hydrogen-bond donors (Lipinski definition) is 1. The Labute approximate surface area is 124 Å². The molecule has 0 saturated heterocycles.